The van der Waals surface area contributed by atoms with Crippen LogP contribution >= 0.6 is 15.9 Å². The van der Waals surface area contributed by atoms with Crippen molar-refractivity contribution >= 4 is 27.7 Å². The molecule has 0 bridgehead atoms. The van der Waals surface area contributed by atoms with Crippen molar-refractivity contribution < 1.29 is 14.3 Å². The van der Waals surface area contributed by atoms with Crippen LogP contribution in [0.5, 0.6) is 0 Å². The first kappa shape index (κ1) is 13.9. The van der Waals surface area contributed by atoms with E-state index in [1.165, 1.54) is 7.11 Å². The molecule has 0 aliphatic carbocycles. The summed E-state index contributed by atoms with van der Waals surface area (Å²) in [6.45, 7) is 3.63. The van der Waals surface area contributed by atoms with Crippen LogP contribution in [0.3, 0.4) is 0 Å². The minimum absolute atomic E-state index is 0.0224. The Bertz CT molecular complexity index is 438. The molecule has 17 heavy (non-hydrogen) atoms. The molecule has 0 aliphatic rings. The Morgan fingerprint density at radius 3 is 2.59 bits per heavy atom. The Balaban J connectivity index is 3.07. The van der Waals surface area contributed by atoms with Gasteiger partial charge in [-0.05, 0) is 25.0 Å². The van der Waals surface area contributed by atoms with Crippen molar-refractivity contribution in [2.75, 3.05) is 7.11 Å². The lowest BCUT2D eigenvalue weighted by molar-refractivity contribution is -0.139. The van der Waals surface area contributed by atoms with E-state index in [9.17, 15) is 9.59 Å². The number of methoxy groups -OCH3 is 1. The highest BCUT2D eigenvalue weighted by Crippen LogP contribution is 2.18. The Morgan fingerprint density at radius 1 is 1.41 bits per heavy atom. The average molecular weight is 299 g/mol. The zero-order chi connectivity index (χ0) is 13.0. The van der Waals surface area contributed by atoms with Crippen LogP contribution in [0.4, 0.5) is 0 Å². The van der Waals surface area contributed by atoms with Crippen molar-refractivity contribution in [1.82, 2.24) is 0 Å². The molecule has 0 aromatic heterocycles. The Morgan fingerprint density at radius 2 is 2.06 bits per heavy atom. The third-order valence-electron chi connectivity index (χ3n) is 2.64. The van der Waals surface area contributed by atoms with Gasteiger partial charge in [0.1, 0.15) is 0 Å². The molecule has 0 spiro atoms. The summed E-state index contributed by atoms with van der Waals surface area (Å²) in [5, 5.41) is 0. The number of esters is 1. The predicted octanol–water partition coefficient (Wildman–Crippen LogP) is 2.68. The van der Waals surface area contributed by atoms with Gasteiger partial charge in [0.25, 0.3) is 0 Å². The maximum atomic E-state index is 11.9. The zero-order valence-corrected chi connectivity index (χ0v) is 11.7. The monoisotopic (exact) mass is 298 g/mol. The van der Waals surface area contributed by atoms with Crippen LogP contribution in [0.1, 0.15) is 28.4 Å². The molecule has 0 N–H and O–H groups in total. The number of carbonyl (C=O) groups excluding carboxylic acids is 2. The summed E-state index contributed by atoms with van der Waals surface area (Å²) in [5.74, 6) is -0.279. The van der Waals surface area contributed by atoms with Gasteiger partial charge in [-0.2, -0.15) is 0 Å². The van der Waals surface area contributed by atoms with Crippen molar-refractivity contribution in [3.63, 3.8) is 0 Å². The summed E-state index contributed by atoms with van der Waals surface area (Å²) in [6.07, 6.45) is 0.195. The number of Topliss-reactive ketones (excluding diaryl/α,β-unsaturated/α-hetero) is 1. The molecule has 1 aromatic rings. The van der Waals surface area contributed by atoms with Crippen LogP contribution in [0.25, 0.3) is 0 Å². The van der Waals surface area contributed by atoms with E-state index in [2.05, 4.69) is 20.7 Å². The highest BCUT2D eigenvalue weighted by atomic mass is 79.9. The number of rotatable bonds is 4. The van der Waals surface area contributed by atoms with Crippen molar-refractivity contribution in [3.8, 4) is 0 Å². The van der Waals surface area contributed by atoms with Crippen LogP contribution in [0, 0.1) is 6.92 Å². The van der Waals surface area contributed by atoms with Gasteiger partial charge in [0.15, 0.2) is 5.78 Å². The molecule has 0 saturated heterocycles. The van der Waals surface area contributed by atoms with E-state index >= 15 is 0 Å². The lowest BCUT2D eigenvalue weighted by Gasteiger charge is -2.10. The van der Waals surface area contributed by atoms with Crippen LogP contribution in [-0.4, -0.2) is 23.7 Å². The van der Waals surface area contributed by atoms with E-state index < -0.39 is 0 Å². The summed E-state index contributed by atoms with van der Waals surface area (Å²) in [4.78, 5) is 22.9. The minimum Gasteiger partial charge on any atom is -0.469 e. The second-order valence-electron chi connectivity index (χ2n) is 3.82. The molecule has 1 unspecified atom stereocenters. The fourth-order valence-electron chi connectivity index (χ4n) is 1.58. The standard InChI is InChI=1S/C13H15BrO3/c1-8-10(7-12(15)17-3)5-4-6-11(8)13(16)9(2)14/h4-6,9H,7H2,1-3H3. The van der Waals surface area contributed by atoms with Gasteiger partial charge in [-0.3, -0.25) is 9.59 Å². The van der Waals surface area contributed by atoms with Gasteiger partial charge in [-0.15, -0.1) is 0 Å². The third-order valence-corrected chi connectivity index (χ3v) is 3.05. The third kappa shape index (κ3) is 3.40. The molecule has 1 aromatic carbocycles. The topological polar surface area (TPSA) is 43.4 Å². The van der Waals surface area contributed by atoms with Gasteiger partial charge in [-0.1, -0.05) is 34.1 Å². The van der Waals surface area contributed by atoms with Gasteiger partial charge in [0.2, 0.25) is 0 Å². The number of halogens is 1. The van der Waals surface area contributed by atoms with Gasteiger partial charge in [0.05, 0.1) is 18.4 Å². The Hall–Kier alpha value is -1.16. The number of benzene rings is 1. The van der Waals surface area contributed by atoms with E-state index in [0.29, 0.717) is 5.56 Å². The minimum atomic E-state index is -0.301. The molecule has 4 heteroatoms. The number of hydrogen-bond donors (Lipinski definition) is 0. The van der Waals surface area contributed by atoms with Crippen LogP contribution in [0.15, 0.2) is 18.2 Å². The summed E-state index contributed by atoms with van der Waals surface area (Å²) in [5.41, 5.74) is 2.32. The molecule has 0 aliphatic heterocycles. The van der Waals surface area contributed by atoms with Gasteiger partial charge >= 0.3 is 5.97 Å². The van der Waals surface area contributed by atoms with Crippen LogP contribution in [0.2, 0.25) is 0 Å². The molecule has 3 nitrogen and oxygen atoms in total. The fourth-order valence-corrected chi connectivity index (χ4v) is 1.83. The molecular formula is C13H15BrO3. The van der Waals surface area contributed by atoms with Crippen molar-refractivity contribution in [1.29, 1.82) is 0 Å². The fraction of sp³-hybridized carbons (Fsp3) is 0.385. The molecule has 0 fully saturated rings. The predicted molar refractivity (Wildman–Crippen MR) is 69.6 cm³/mol. The van der Waals surface area contributed by atoms with E-state index in [1.807, 2.05) is 13.0 Å². The molecule has 1 atom stereocenters. The zero-order valence-electron chi connectivity index (χ0n) is 10.1. The highest BCUT2D eigenvalue weighted by Gasteiger charge is 2.16. The lowest BCUT2D eigenvalue weighted by Crippen LogP contribution is -2.14. The van der Waals surface area contributed by atoms with Crippen molar-refractivity contribution in [2.45, 2.75) is 25.1 Å². The number of alkyl halides is 1. The smallest absolute Gasteiger partial charge is 0.309 e. The molecule has 0 heterocycles. The highest BCUT2D eigenvalue weighted by molar-refractivity contribution is 9.10. The molecule has 1 rings (SSSR count). The SMILES string of the molecule is COC(=O)Cc1cccc(C(=O)C(C)Br)c1C. The molecule has 0 saturated carbocycles. The summed E-state index contributed by atoms with van der Waals surface area (Å²) < 4.78 is 4.62. The molecular weight excluding hydrogens is 284 g/mol. The second-order valence-corrected chi connectivity index (χ2v) is 5.20. The first-order valence-corrected chi connectivity index (χ1v) is 6.22. The van der Waals surface area contributed by atoms with Crippen LogP contribution in [-0.2, 0) is 16.0 Å². The Kier molecular flexibility index (Phi) is 4.87. The molecule has 92 valence electrons. The molecule has 0 radical (unpaired) electrons. The summed E-state index contributed by atoms with van der Waals surface area (Å²) >= 11 is 3.26. The number of ketones is 1. The Labute approximate surface area is 109 Å². The van der Waals surface area contributed by atoms with E-state index in [0.717, 1.165) is 11.1 Å². The van der Waals surface area contributed by atoms with Crippen molar-refractivity contribution in [3.05, 3.63) is 34.9 Å². The second kappa shape index (κ2) is 5.96. The maximum absolute atomic E-state index is 11.9. The maximum Gasteiger partial charge on any atom is 0.309 e. The first-order valence-electron chi connectivity index (χ1n) is 5.31. The van der Waals surface area contributed by atoms with E-state index in [1.54, 1.807) is 19.1 Å². The largest absolute Gasteiger partial charge is 0.469 e. The quantitative estimate of drug-likeness (QED) is 0.488. The van der Waals surface area contributed by atoms with E-state index in [4.69, 9.17) is 0 Å². The first-order chi connectivity index (χ1) is 7.97. The van der Waals surface area contributed by atoms with Crippen LogP contribution < -0.4 is 0 Å². The average Bonchev–Trinajstić information content (AvgIpc) is 2.30. The molecule has 0 amide bonds. The summed E-state index contributed by atoms with van der Waals surface area (Å²) in [6, 6.07) is 5.39. The number of hydrogen-bond acceptors (Lipinski definition) is 3. The van der Waals surface area contributed by atoms with Gasteiger partial charge in [0, 0.05) is 5.56 Å². The summed E-state index contributed by atoms with van der Waals surface area (Å²) in [7, 11) is 1.35. The normalized spacial score (nSPS) is 12.0. The lowest BCUT2D eigenvalue weighted by atomic mass is 9.96. The number of carbonyl (C=O) groups is 2. The van der Waals surface area contributed by atoms with Gasteiger partial charge in [-0.25, -0.2) is 0 Å². The van der Waals surface area contributed by atoms with Crippen molar-refractivity contribution in [2.24, 2.45) is 0 Å². The van der Waals surface area contributed by atoms with Gasteiger partial charge < -0.3 is 4.74 Å². The van der Waals surface area contributed by atoms with E-state index in [-0.39, 0.29) is 23.0 Å². The number of ether oxygens (including phenoxy) is 1.